The first-order valence-corrected chi connectivity index (χ1v) is 12.3. The Labute approximate surface area is 203 Å². The summed E-state index contributed by atoms with van der Waals surface area (Å²) in [5.74, 6) is 0.578. The third-order valence-corrected chi connectivity index (χ3v) is 6.39. The molecular formula is C26H38N6O2. The zero-order valence-corrected chi connectivity index (χ0v) is 20.6. The molecule has 8 heteroatoms. The molecule has 1 aliphatic rings. The molecule has 2 aromatic rings. The second-order valence-corrected chi connectivity index (χ2v) is 8.78. The number of hydrogen-bond acceptors (Lipinski definition) is 7. The number of aromatic nitrogens is 1. The average Bonchev–Trinajstić information content (AvgIpc) is 3.38. The van der Waals surface area contributed by atoms with Crippen LogP contribution >= 0.6 is 0 Å². The average molecular weight is 467 g/mol. The summed E-state index contributed by atoms with van der Waals surface area (Å²) in [6, 6.07) is 9.56. The minimum absolute atomic E-state index is 0.0711. The van der Waals surface area contributed by atoms with Gasteiger partial charge in [-0.3, -0.25) is 4.79 Å². The molecule has 2 heterocycles. The maximum atomic E-state index is 12.6. The standard InChI is InChI=1S/C26H38N6O2/c1-4-20(2)32(15-16-33)24-18-25(29-19-23(24)27-3)30-22-10-7-9-21(17-22)26(34)28-11-8-14-31-12-5-6-13-31/h7,9-10,16-20,27H,4-6,8,11-15H2,1-3H3,(H,28,34)(H,29,30). The molecule has 1 atom stereocenters. The SMILES string of the molecule is CCC(C)N(CC=O)c1cc(Nc2cccc(C(=O)NCCCN3CCCC3)c2)ncc1NC. The lowest BCUT2D eigenvalue weighted by atomic mass is 10.1. The van der Waals surface area contributed by atoms with E-state index in [0.717, 1.165) is 42.7 Å². The summed E-state index contributed by atoms with van der Waals surface area (Å²) < 4.78 is 0. The number of likely N-dealkylation sites (tertiary alicyclic amines) is 1. The van der Waals surface area contributed by atoms with E-state index in [1.807, 2.05) is 37.4 Å². The summed E-state index contributed by atoms with van der Waals surface area (Å²) in [4.78, 5) is 33.0. The third-order valence-electron chi connectivity index (χ3n) is 6.39. The van der Waals surface area contributed by atoms with Gasteiger partial charge >= 0.3 is 0 Å². The summed E-state index contributed by atoms with van der Waals surface area (Å²) in [6.45, 7) is 8.57. The molecule has 1 saturated heterocycles. The van der Waals surface area contributed by atoms with Gasteiger partial charge in [-0.05, 0) is 70.4 Å². The number of rotatable bonds is 13. The van der Waals surface area contributed by atoms with E-state index in [9.17, 15) is 9.59 Å². The Morgan fingerprint density at radius 1 is 1.26 bits per heavy atom. The Morgan fingerprint density at radius 2 is 2.06 bits per heavy atom. The van der Waals surface area contributed by atoms with E-state index in [-0.39, 0.29) is 11.9 Å². The molecule has 1 aromatic carbocycles. The lowest BCUT2D eigenvalue weighted by Gasteiger charge is -2.30. The molecule has 0 spiro atoms. The van der Waals surface area contributed by atoms with Gasteiger partial charge in [0.1, 0.15) is 12.1 Å². The Morgan fingerprint density at radius 3 is 2.76 bits per heavy atom. The molecule has 0 radical (unpaired) electrons. The number of nitrogens with zero attached hydrogens (tertiary/aromatic N) is 3. The number of hydrogen-bond donors (Lipinski definition) is 3. The van der Waals surface area contributed by atoms with E-state index >= 15 is 0 Å². The largest absolute Gasteiger partial charge is 0.385 e. The monoisotopic (exact) mass is 466 g/mol. The first kappa shape index (κ1) is 25.5. The lowest BCUT2D eigenvalue weighted by molar-refractivity contribution is -0.106. The van der Waals surface area contributed by atoms with Gasteiger partial charge < -0.3 is 30.5 Å². The Bertz CT molecular complexity index is 945. The van der Waals surface area contributed by atoms with Crippen LogP contribution in [0.1, 0.15) is 49.9 Å². The summed E-state index contributed by atoms with van der Waals surface area (Å²) in [6.07, 6.45) is 7.12. The van der Waals surface area contributed by atoms with Crippen LogP contribution in [0.3, 0.4) is 0 Å². The van der Waals surface area contributed by atoms with Crippen LogP contribution in [-0.2, 0) is 4.79 Å². The van der Waals surface area contributed by atoms with Crippen molar-refractivity contribution >= 4 is 35.1 Å². The molecule has 1 unspecified atom stereocenters. The number of carbonyl (C=O) groups excluding carboxylic acids is 2. The van der Waals surface area contributed by atoms with Crippen LogP contribution in [0.2, 0.25) is 0 Å². The van der Waals surface area contributed by atoms with Crippen molar-refractivity contribution in [2.75, 3.05) is 55.3 Å². The quantitative estimate of drug-likeness (QED) is 0.305. The minimum atomic E-state index is -0.0711. The van der Waals surface area contributed by atoms with Crippen LogP contribution in [0, 0.1) is 0 Å². The number of carbonyl (C=O) groups is 2. The Kier molecular flexibility index (Phi) is 9.70. The predicted molar refractivity (Wildman–Crippen MR) is 139 cm³/mol. The zero-order valence-electron chi connectivity index (χ0n) is 20.6. The van der Waals surface area contributed by atoms with E-state index in [4.69, 9.17) is 0 Å². The van der Waals surface area contributed by atoms with Gasteiger partial charge in [0, 0.05) is 37.0 Å². The number of amides is 1. The minimum Gasteiger partial charge on any atom is -0.385 e. The molecule has 1 aliphatic heterocycles. The van der Waals surface area contributed by atoms with Gasteiger partial charge in [-0.15, -0.1) is 0 Å². The van der Waals surface area contributed by atoms with Crippen LogP contribution < -0.4 is 20.9 Å². The molecule has 1 amide bonds. The zero-order chi connectivity index (χ0) is 24.3. The van der Waals surface area contributed by atoms with Gasteiger partial charge in [-0.1, -0.05) is 13.0 Å². The predicted octanol–water partition coefficient (Wildman–Crippen LogP) is 3.89. The molecule has 8 nitrogen and oxygen atoms in total. The summed E-state index contributed by atoms with van der Waals surface area (Å²) in [7, 11) is 1.84. The molecule has 0 aliphatic carbocycles. The molecule has 34 heavy (non-hydrogen) atoms. The first-order chi connectivity index (χ1) is 16.5. The van der Waals surface area contributed by atoms with Crippen molar-refractivity contribution in [3.63, 3.8) is 0 Å². The normalized spacial score (nSPS) is 14.4. The Hall–Kier alpha value is -3.13. The van der Waals surface area contributed by atoms with Crippen LogP contribution in [0.4, 0.5) is 22.9 Å². The highest BCUT2D eigenvalue weighted by Gasteiger charge is 2.17. The molecular weight excluding hydrogens is 428 g/mol. The fourth-order valence-corrected chi connectivity index (χ4v) is 4.26. The molecule has 3 N–H and O–H groups in total. The number of nitrogens with one attached hydrogen (secondary N) is 3. The molecule has 0 saturated carbocycles. The van der Waals surface area contributed by atoms with Crippen LogP contribution in [-0.4, -0.2) is 67.9 Å². The fourth-order valence-electron chi connectivity index (χ4n) is 4.26. The molecule has 0 bridgehead atoms. The highest BCUT2D eigenvalue weighted by Crippen LogP contribution is 2.30. The third kappa shape index (κ3) is 6.93. The molecule has 1 aromatic heterocycles. The molecule has 184 valence electrons. The van der Waals surface area contributed by atoms with Crippen molar-refractivity contribution in [1.29, 1.82) is 0 Å². The van der Waals surface area contributed by atoms with Gasteiger partial charge in [0.2, 0.25) is 0 Å². The highest BCUT2D eigenvalue weighted by molar-refractivity contribution is 5.95. The highest BCUT2D eigenvalue weighted by atomic mass is 16.1. The molecule has 3 rings (SSSR count). The number of anilines is 4. The van der Waals surface area contributed by atoms with Gasteiger partial charge in [0.25, 0.3) is 5.91 Å². The first-order valence-electron chi connectivity index (χ1n) is 12.3. The van der Waals surface area contributed by atoms with Crippen molar-refractivity contribution in [2.45, 2.75) is 45.6 Å². The van der Waals surface area contributed by atoms with Crippen LogP contribution in [0.15, 0.2) is 36.5 Å². The van der Waals surface area contributed by atoms with Gasteiger partial charge in [-0.25, -0.2) is 4.98 Å². The second-order valence-electron chi connectivity index (χ2n) is 8.78. The molecule has 1 fully saturated rings. The number of benzene rings is 1. The summed E-state index contributed by atoms with van der Waals surface area (Å²) >= 11 is 0. The van der Waals surface area contributed by atoms with E-state index in [1.54, 1.807) is 6.20 Å². The van der Waals surface area contributed by atoms with Crippen molar-refractivity contribution < 1.29 is 9.59 Å². The van der Waals surface area contributed by atoms with Crippen LogP contribution in [0.25, 0.3) is 0 Å². The summed E-state index contributed by atoms with van der Waals surface area (Å²) in [5.41, 5.74) is 3.16. The lowest BCUT2D eigenvalue weighted by Crippen LogP contribution is -2.34. The second kappa shape index (κ2) is 12.9. The number of pyridine rings is 1. The van der Waals surface area contributed by atoms with Gasteiger partial charge in [0.05, 0.1) is 24.1 Å². The van der Waals surface area contributed by atoms with Crippen LogP contribution in [0.5, 0.6) is 0 Å². The maximum absolute atomic E-state index is 12.6. The number of aldehydes is 1. The van der Waals surface area contributed by atoms with Gasteiger partial charge in [0.15, 0.2) is 0 Å². The van der Waals surface area contributed by atoms with E-state index in [1.165, 1.54) is 25.9 Å². The van der Waals surface area contributed by atoms with E-state index in [2.05, 4.69) is 44.6 Å². The van der Waals surface area contributed by atoms with Crippen molar-refractivity contribution in [3.05, 3.63) is 42.1 Å². The maximum Gasteiger partial charge on any atom is 0.251 e. The van der Waals surface area contributed by atoms with Crippen molar-refractivity contribution in [1.82, 2.24) is 15.2 Å². The van der Waals surface area contributed by atoms with E-state index in [0.29, 0.717) is 24.5 Å². The van der Waals surface area contributed by atoms with E-state index < -0.39 is 0 Å². The van der Waals surface area contributed by atoms with Crippen molar-refractivity contribution in [3.8, 4) is 0 Å². The fraction of sp³-hybridized carbons (Fsp3) is 0.500. The smallest absolute Gasteiger partial charge is 0.251 e. The summed E-state index contributed by atoms with van der Waals surface area (Å²) in [5, 5.41) is 9.50. The topological polar surface area (TPSA) is 89.6 Å². The van der Waals surface area contributed by atoms with Gasteiger partial charge in [-0.2, -0.15) is 0 Å². The Balaban J connectivity index is 1.66. The van der Waals surface area contributed by atoms with Crippen molar-refractivity contribution in [2.24, 2.45) is 0 Å².